The number of methoxy groups -OCH3 is 1. The van der Waals surface area contributed by atoms with E-state index in [0.717, 1.165) is 32.5 Å². The summed E-state index contributed by atoms with van der Waals surface area (Å²) in [6.07, 6.45) is 3.18. The molecule has 1 aliphatic rings. The molecule has 1 rings (SSSR count). The Labute approximate surface area is 85.6 Å². The SMILES string of the molecule is CNCC1CCCN(C(=O)OC)CC1. The zero-order chi connectivity index (χ0) is 10.4. The average molecular weight is 200 g/mol. The van der Waals surface area contributed by atoms with Crippen molar-refractivity contribution in [2.75, 3.05) is 33.8 Å². The number of hydrogen-bond donors (Lipinski definition) is 1. The van der Waals surface area contributed by atoms with Crippen LogP contribution in [0, 0.1) is 5.92 Å². The van der Waals surface area contributed by atoms with E-state index in [4.69, 9.17) is 4.74 Å². The third-order valence-electron chi connectivity index (χ3n) is 2.77. The molecule has 0 radical (unpaired) electrons. The van der Waals surface area contributed by atoms with Crippen LogP contribution in [0.2, 0.25) is 0 Å². The van der Waals surface area contributed by atoms with Crippen molar-refractivity contribution >= 4 is 6.09 Å². The van der Waals surface area contributed by atoms with Gasteiger partial charge < -0.3 is 15.0 Å². The number of nitrogens with zero attached hydrogens (tertiary/aromatic N) is 1. The van der Waals surface area contributed by atoms with E-state index in [1.54, 1.807) is 4.90 Å². The van der Waals surface area contributed by atoms with Gasteiger partial charge in [0.15, 0.2) is 0 Å². The monoisotopic (exact) mass is 200 g/mol. The van der Waals surface area contributed by atoms with Gasteiger partial charge in [-0.2, -0.15) is 0 Å². The maximum absolute atomic E-state index is 11.3. The number of ether oxygens (including phenoxy) is 1. The van der Waals surface area contributed by atoms with Gasteiger partial charge in [0.25, 0.3) is 0 Å². The van der Waals surface area contributed by atoms with Crippen molar-refractivity contribution in [2.24, 2.45) is 5.92 Å². The van der Waals surface area contributed by atoms with E-state index in [9.17, 15) is 4.79 Å². The van der Waals surface area contributed by atoms with E-state index < -0.39 is 0 Å². The summed E-state index contributed by atoms with van der Waals surface area (Å²) in [6, 6.07) is 0. The van der Waals surface area contributed by atoms with Gasteiger partial charge in [0.2, 0.25) is 0 Å². The maximum Gasteiger partial charge on any atom is 0.409 e. The van der Waals surface area contributed by atoms with E-state index >= 15 is 0 Å². The minimum absolute atomic E-state index is 0.185. The largest absolute Gasteiger partial charge is 0.453 e. The summed E-state index contributed by atoms with van der Waals surface area (Å²) in [6.45, 7) is 2.72. The van der Waals surface area contributed by atoms with Crippen LogP contribution >= 0.6 is 0 Å². The molecular weight excluding hydrogens is 180 g/mol. The lowest BCUT2D eigenvalue weighted by Crippen LogP contribution is -2.32. The summed E-state index contributed by atoms with van der Waals surface area (Å²) in [7, 11) is 3.42. The van der Waals surface area contributed by atoms with E-state index in [2.05, 4.69) is 5.32 Å². The second-order valence-electron chi connectivity index (χ2n) is 3.81. The third kappa shape index (κ3) is 3.18. The zero-order valence-electron chi connectivity index (χ0n) is 9.08. The van der Waals surface area contributed by atoms with Gasteiger partial charge in [-0.1, -0.05) is 0 Å². The van der Waals surface area contributed by atoms with Gasteiger partial charge >= 0.3 is 6.09 Å². The number of carbonyl (C=O) groups is 1. The van der Waals surface area contributed by atoms with Gasteiger partial charge in [-0.25, -0.2) is 4.79 Å². The number of amides is 1. The Morgan fingerprint density at radius 2 is 2.29 bits per heavy atom. The molecule has 1 N–H and O–H groups in total. The van der Waals surface area contributed by atoms with Crippen molar-refractivity contribution in [1.82, 2.24) is 10.2 Å². The molecule has 0 aromatic carbocycles. The molecule has 1 unspecified atom stereocenters. The van der Waals surface area contributed by atoms with E-state index in [1.807, 2.05) is 7.05 Å². The zero-order valence-corrected chi connectivity index (χ0v) is 9.08. The van der Waals surface area contributed by atoms with Crippen molar-refractivity contribution in [3.05, 3.63) is 0 Å². The van der Waals surface area contributed by atoms with Crippen LogP contribution in [0.1, 0.15) is 19.3 Å². The molecule has 4 nitrogen and oxygen atoms in total. The molecule has 0 spiro atoms. The van der Waals surface area contributed by atoms with Gasteiger partial charge in [0.1, 0.15) is 0 Å². The van der Waals surface area contributed by atoms with Gasteiger partial charge in [-0.15, -0.1) is 0 Å². The first-order valence-electron chi connectivity index (χ1n) is 5.25. The highest BCUT2D eigenvalue weighted by molar-refractivity contribution is 5.67. The van der Waals surface area contributed by atoms with Crippen molar-refractivity contribution in [2.45, 2.75) is 19.3 Å². The van der Waals surface area contributed by atoms with E-state index in [-0.39, 0.29) is 6.09 Å². The van der Waals surface area contributed by atoms with Gasteiger partial charge in [0.05, 0.1) is 7.11 Å². The predicted octanol–water partition coefficient (Wildman–Crippen LogP) is 1.07. The molecule has 1 amide bonds. The Morgan fingerprint density at radius 3 is 2.93 bits per heavy atom. The minimum Gasteiger partial charge on any atom is -0.453 e. The molecule has 1 heterocycles. The summed E-state index contributed by atoms with van der Waals surface area (Å²) in [5.74, 6) is 0.703. The lowest BCUT2D eigenvalue weighted by atomic mass is 10.0. The molecule has 0 bridgehead atoms. The van der Waals surface area contributed by atoms with Gasteiger partial charge in [-0.05, 0) is 38.8 Å². The highest BCUT2D eigenvalue weighted by Gasteiger charge is 2.20. The van der Waals surface area contributed by atoms with Crippen LogP contribution in [0.5, 0.6) is 0 Å². The van der Waals surface area contributed by atoms with Crippen LogP contribution in [0.15, 0.2) is 0 Å². The van der Waals surface area contributed by atoms with Crippen molar-refractivity contribution < 1.29 is 9.53 Å². The van der Waals surface area contributed by atoms with Crippen LogP contribution in [0.3, 0.4) is 0 Å². The Kier molecular flexibility index (Phi) is 4.73. The molecular formula is C10H20N2O2. The second-order valence-corrected chi connectivity index (χ2v) is 3.81. The van der Waals surface area contributed by atoms with Crippen LogP contribution in [-0.4, -0.2) is 44.8 Å². The first kappa shape index (κ1) is 11.3. The Balaban J connectivity index is 2.36. The number of carbonyl (C=O) groups excluding carboxylic acids is 1. The summed E-state index contributed by atoms with van der Waals surface area (Å²) >= 11 is 0. The number of rotatable bonds is 2. The quantitative estimate of drug-likeness (QED) is 0.725. The molecule has 0 saturated carbocycles. The van der Waals surface area contributed by atoms with Crippen molar-refractivity contribution in [3.8, 4) is 0 Å². The fourth-order valence-electron chi connectivity index (χ4n) is 1.97. The normalized spacial score (nSPS) is 23.0. The molecule has 14 heavy (non-hydrogen) atoms. The lowest BCUT2D eigenvalue weighted by molar-refractivity contribution is 0.124. The first-order chi connectivity index (χ1) is 6.77. The molecule has 0 aliphatic carbocycles. The molecule has 0 aromatic heterocycles. The van der Waals surface area contributed by atoms with Crippen molar-refractivity contribution in [1.29, 1.82) is 0 Å². The molecule has 4 heteroatoms. The second kappa shape index (κ2) is 5.86. The molecule has 1 atom stereocenters. The Bertz CT molecular complexity index is 185. The predicted molar refractivity (Wildman–Crippen MR) is 55.2 cm³/mol. The van der Waals surface area contributed by atoms with Gasteiger partial charge in [-0.3, -0.25) is 0 Å². The minimum atomic E-state index is -0.185. The summed E-state index contributed by atoms with van der Waals surface area (Å²) in [4.78, 5) is 13.1. The van der Waals surface area contributed by atoms with Crippen LogP contribution in [-0.2, 0) is 4.74 Å². The molecule has 1 saturated heterocycles. The highest BCUT2D eigenvalue weighted by Crippen LogP contribution is 2.16. The topological polar surface area (TPSA) is 41.6 Å². The smallest absolute Gasteiger partial charge is 0.409 e. The number of hydrogen-bond acceptors (Lipinski definition) is 3. The summed E-state index contributed by atoms with van der Waals surface area (Å²) < 4.78 is 4.71. The van der Waals surface area contributed by atoms with Crippen molar-refractivity contribution in [3.63, 3.8) is 0 Å². The average Bonchev–Trinajstić information content (AvgIpc) is 2.43. The van der Waals surface area contributed by atoms with Gasteiger partial charge in [0, 0.05) is 13.1 Å². The van der Waals surface area contributed by atoms with E-state index in [1.165, 1.54) is 13.5 Å². The lowest BCUT2D eigenvalue weighted by Gasteiger charge is -2.18. The first-order valence-corrected chi connectivity index (χ1v) is 5.25. The number of likely N-dealkylation sites (tertiary alicyclic amines) is 1. The maximum atomic E-state index is 11.3. The standard InChI is InChI=1S/C10H20N2O2/c1-11-8-9-4-3-6-12(7-5-9)10(13)14-2/h9,11H,3-8H2,1-2H3. The van der Waals surface area contributed by atoms with E-state index in [0.29, 0.717) is 5.92 Å². The third-order valence-corrected chi connectivity index (χ3v) is 2.77. The fourth-order valence-corrected chi connectivity index (χ4v) is 1.97. The molecule has 1 fully saturated rings. The van der Waals surface area contributed by atoms with Crippen LogP contribution < -0.4 is 5.32 Å². The summed E-state index contributed by atoms with van der Waals surface area (Å²) in [5, 5.41) is 3.19. The summed E-state index contributed by atoms with van der Waals surface area (Å²) in [5.41, 5.74) is 0. The molecule has 0 aromatic rings. The molecule has 82 valence electrons. The van der Waals surface area contributed by atoms with Crippen LogP contribution in [0.4, 0.5) is 4.79 Å². The molecule has 1 aliphatic heterocycles. The number of nitrogens with one attached hydrogen (secondary N) is 1. The van der Waals surface area contributed by atoms with Crippen LogP contribution in [0.25, 0.3) is 0 Å². The fraction of sp³-hybridized carbons (Fsp3) is 0.900. The Hall–Kier alpha value is -0.770. The highest BCUT2D eigenvalue weighted by atomic mass is 16.5. The Morgan fingerprint density at radius 1 is 1.50 bits per heavy atom.